The van der Waals surface area contributed by atoms with Gasteiger partial charge in [0.2, 0.25) is 0 Å². The van der Waals surface area contributed by atoms with E-state index in [9.17, 15) is 0 Å². The maximum atomic E-state index is 9.04. The number of hydrogen-bond acceptors (Lipinski definition) is 4. The molecule has 0 amide bonds. The van der Waals surface area contributed by atoms with Crippen molar-refractivity contribution >= 4 is 0 Å². The smallest absolute Gasteiger partial charge is 0.165 e. The van der Waals surface area contributed by atoms with Crippen LogP contribution in [0, 0.1) is 6.92 Å². The topological polar surface area (TPSA) is 64.7 Å². The Morgan fingerprint density at radius 1 is 1.33 bits per heavy atom. The fourth-order valence-corrected chi connectivity index (χ4v) is 1.51. The number of methoxy groups -OCH3 is 2. The molecule has 0 radical (unpaired) electrons. The van der Waals surface area contributed by atoms with Crippen LogP contribution in [0.2, 0.25) is 0 Å². The zero-order valence-corrected chi connectivity index (χ0v) is 9.28. The van der Waals surface area contributed by atoms with Crippen LogP contribution in [-0.4, -0.2) is 25.9 Å². The Bertz CT molecular complexity index is 339. The lowest BCUT2D eigenvalue weighted by Crippen LogP contribution is -2.16. The Kier molecular flexibility index (Phi) is 3.94. The number of nitrogens with two attached hydrogens (primary N) is 1. The highest BCUT2D eigenvalue weighted by atomic mass is 16.5. The van der Waals surface area contributed by atoms with Crippen molar-refractivity contribution in [2.75, 3.05) is 20.8 Å². The number of aryl methyl sites for hydroxylation is 1. The van der Waals surface area contributed by atoms with Crippen LogP contribution in [0.3, 0.4) is 0 Å². The summed E-state index contributed by atoms with van der Waals surface area (Å²) in [6, 6.07) is 3.31. The number of rotatable bonds is 4. The minimum Gasteiger partial charge on any atom is -0.493 e. The molecule has 84 valence electrons. The van der Waals surface area contributed by atoms with Gasteiger partial charge in [-0.15, -0.1) is 0 Å². The summed E-state index contributed by atoms with van der Waals surface area (Å²) in [7, 11) is 3.13. The lowest BCUT2D eigenvalue weighted by Gasteiger charge is -2.17. The highest BCUT2D eigenvalue weighted by Gasteiger charge is 2.16. The van der Waals surface area contributed by atoms with Crippen molar-refractivity contribution < 1.29 is 14.6 Å². The lowest BCUT2D eigenvalue weighted by molar-refractivity contribution is 0.263. The summed E-state index contributed by atoms with van der Waals surface area (Å²) < 4.78 is 10.4. The highest BCUT2D eigenvalue weighted by Crippen LogP contribution is 2.35. The third-order valence-electron chi connectivity index (χ3n) is 2.25. The van der Waals surface area contributed by atoms with E-state index in [0.717, 1.165) is 11.1 Å². The molecule has 0 fully saturated rings. The minimum absolute atomic E-state index is 0.122. The molecule has 4 heteroatoms. The Hall–Kier alpha value is -1.26. The molecule has 0 aliphatic rings. The van der Waals surface area contributed by atoms with E-state index in [1.165, 1.54) is 0 Å². The van der Waals surface area contributed by atoms with Gasteiger partial charge in [-0.2, -0.15) is 0 Å². The molecule has 0 saturated carbocycles. The fourth-order valence-electron chi connectivity index (χ4n) is 1.51. The first-order chi connectivity index (χ1) is 7.13. The van der Waals surface area contributed by atoms with Crippen LogP contribution in [0.5, 0.6) is 11.5 Å². The largest absolute Gasteiger partial charge is 0.493 e. The van der Waals surface area contributed by atoms with Crippen molar-refractivity contribution in [3.63, 3.8) is 0 Å². The summed E-state index contributed by atoms with van der Waals surface area (Å²) in [6.07, 6.45) is 0. The molecular weight excluding hydrogens is 194 g/mol. The molecule has 15 heavy (non-hydrogen) atoms. The predicted octanol–water partition coefficient (Wildman–Crippen LogP) is 1.00. The molecule has 0 saturated heterocycles. The normalized spacial score (nSPS) is 12.3. The van der Waals surface area contributed by atoms with Gasteiger partial charge in [0, 0.05) is 5.56 Å². The van der Waals surface area contributed by atoms with Crippen molar-refractivity contribution in [1.29, 1.82) is 0 Å². The maximum absolute atomic E-state index is 9.04. The van der Waals surface area contributed by atoms with E-state index in [0.29, 0.717) is 11.5 Å². The first-order valence-corrected chi connectivity index (χ1v) is 4.73. The Morgan fingerprint density at radius 2 is 2.00 bits per heavy atom. The molecule has 1 aromatic carbocycles. The first kappa shape index (κ1) is 11.8. The third-order valence-corrected chi connectivity index (χ3v) is 2.25. The molecule has 1 aromatic rings. The summed E-state index contributed by atoms with van der Waals surface area (Å²) in [4.78, 5) is 0. The number of aliphatic hydroxyl groups excluding tert-OH is 1. The first-order valence-electron chi connectivity index (χ1n) is 4.73. The molecule has 0 spiro atoms. The van der Waals surface area contributed by atoms with E-state index in [1.54, 1.807) is 14.2 Å². The number of aliphatic hydroxyl groups is 1. The quantitative estimate of drug-likeness (QED) is 0.780. The van der Waals surface area contributed by atoms with E-state index in [4.69, 9.17) is 20.3 Å². The average Bonchev–Trinajstić information content (AvgIpc) is 2.26. The molecule has 0 aromatic heterocycles. The van der Waals surface area contributed by atoms with Gasteiger partial charge < -0.3 is 20.3 Å². The fraction of sp³-hybridized carbons (Fsp3) is 0.455. The van der Waals surface area contributed by atoms with Gasteiger partial charge in [0.05, 0.1) is 26.9 Å². The van der Waals surface area contributed by atoms with Crippen molar-refractivity contribution in [3.05, 3.63) is 23.3 Å². The summed E-state index contributed by atoms with van der Waals surface area (Å²) in [5.41, 5.74) is 7.56. The predicted molar refractivity (Wildman–Crippen MR) is 58.3 cm³/mol. The monoisotopic (exact) mass is 211 g/mol. The van der Waals surface area contributed by atoms with E-state index in [-0.39, 0.29) is 6.61 Å². The van der Waals surface area contributed by atoms with Crippen LogP contribution < -0.4 is 15.2 Å². The zero-order chi connectivity index (χ0) is 11.4. The van der Waals surface area contributed by atoms with Crippen LogP contribution in [0.25, 0.3) is 0 Å². The van der Waals surface area contributed by atoms with Gasteiger partial charge >= 0.3 is 0 Å². The summed E-state index contributed by atoms with van der Waals surface area (Å²) in [6.45, 7) is 1.82. The standard InChI is InChI=1S/C11H17NO3/c1-7-4-8(9(12)6-13)11(15-3)10(5-7)14-2/h4-5,9,13H,6,12H2,1-3H3. The summed E-state index contributed by atoms with van der Waals surface area (Å²) >= 11 is 0. The summed E-state index contributed by atoms with van der Waals surface area (Å²) in [5.74, 6) is 1.22. The van der Waals surface area contributed by atoms with Gasteiger partial charge in [0.1, 0.15) is 0 Å². The van der Waals surface area contributed by atoms with E-state index < -0.39 is 6.04 Å². The highest BCUT2D eigenvalue weighted by molar-refractivity contribution is 5.50. The maximum Gasteiger partial charge on any atom is 0.165 e. The van der Waals surface area contributed by atoms with Crippen molar-refractivity contribution in [3.8, 4) is 11.5 Å². The Labute approximate surface area is 89.6 Å². The van der Waals surface area contributed by atoms with Gasteiger partial charge in [0.15, 0.2) is 11.5 Å². The van der Waals surface area contributed by atoms with Gasteiger partial charge in [0.25, 0.3) is 0 Å². The minimum atomic E-state index is -0.450. The average molecular weight is 211 g/mol. The van der Waals surface area contributed by atoms with E-state index in [1.807, 2.05) is 19.1 Å². The second-order valence-corrected chi connectivity index (χ2v) is 3.38. The van der Waals surface area contributed by atoms with Crippen molar-refractivity contribution in [2.24, 2.45) is 5.73 Å². The Balaban J connectivity index is 3.28. The molecule has 1 unspecified atom stereocenters. The van der Waals surface area contributed by atoms with Crippen molar-refractivity contribution in [2.45, 2.75) is 13.0 Å². The number of benzene rings is 1. The van der Waals surface area contributed by atoms with E-state index in [2.05, 4.69) is 0 Å². The molecule has 4 nitrogen and oxygen atoms in total. The number of hydrogen-bond donors (Lipinski definition) is 2. The van der Waals surface area contributed by atoms with Crippen LogP contribution in [-0.2, 0) is 0 Å². The molecule has 3 N–H and O–H groups in total. The Morgan fingerprint density at radius 3 is 2.47 bits per heavy atom. The molecule has 0 aliphatic carbocycles. The zero-order valence-electron chi connectivity index (χ0n) is 9.28. The van der Waals surface area contributed by atoms with Crippen LogP contribution >= 0.6 is 0 Å². The van der Waals surface area contributed by atoms with Gasteiger partial charge in [-0.1, -0.05) is 6.07 Å². The van der Waals surface area contributed by atoms with Crippen molar-refractivity contribution in [1.82, 2.24) is 0 Å². The van der Waals surface area contributed by atoms with Crippen LogP contribution in [0.15, 0.2) is 12.1 Å². The van der Waals surface area contributed by atoms with Gasteiger partial charge in [-0.05, 0) is 18.6 Å². The molecule has 1 rings (SSSR count). The SMILES string of the molecule is COc1cc(C)cc(C(N)CO)c1OC. The van der Waals surface area contributed by atoms with Crippen LogP contribution in [0.4, 0.5) is 0 Å². The van der Waals surface area contributed by atoms with Crippen LogP contribution in [0.1, 0.15) is 17.2 Å². The molecule has 1 atom stereocenters. The second kappa shape index (κ2) is 5.00. The molecular formula is C11H17NO3. The molecule has 0 aliphatic heterocycles. The second-order valence-electron chi connectivity index (χ2n) is 3.38. The van der Waals surface area contributed by atoms with Gasteiger partial charge in [-0.25, -0.2) is 0 Å². The molecule has 0 bridgehead atoms. The summed E-state index contributed by atoms with van der Waals surface area (Å²) in [5, 5.41) is 9.04. The van der Waals surface area contributed by atoms with E-state index >= 15 is 0 Å². The number of ether oxygens (including phenoxy) is 2. The lowest BCUT2D eigenvalue weighted by atomic mass is 10.0. The van der Waals surface area contributed by atoms with Gasteiger partial charge in [-0.3, -0.25) is 0 Å². The third kappa shape index (κ3) is 2.40. The molecule has 0 heterocycles.